The molecule has 0 aliphatic heterocycles. The predicted molar refractivity (Wildman–Crippen MR) is 52.8 cm³/mol. The molecule has 72 valence electrons. The Bertz CT molecular complexity index is 261. The first-order valence-electron chi connectivity index (χ1n) is 4.56. The van der Waals surface area contributed by atoms with Crippen molar-refractivity contribution < 1.29 is 4.74 Å². The highest BCUT2D eigenvalue weighted by Gasteiger charge is 2.00. The van der Waals surface area contributed by atoms with Gasteiger partial charge in [0.2, 0.25) is 5.88 Å². The number of hydrogen-bond acceptors (Lipinski definition) is 3. The van der Waals surface area contributed by atoms with E-state index in [0.29, 0.717) is 12.5 Å². The van der Waals surface area contributed by atoms with Gasteiger partial charge in [-0.15, -0.1) is 0 Å². The Balaban J connectivity index is 2.67. The van der Waals surface area contributed by atoms with Crippen LogP contribution >= 0.6 is 0 Å². The van der Waals surface area contributed by atoms with Crippen LogP contribution in [0.3, 0.4) is 0 Å². The zero-order valence-electron chi connectivity index (χ0n) is 8.16. The van der Waals surface area contributed by atoms with E-state index in [1.165, 1.54) is 0 Å². The minimum atomic E-state index is 0.143. The van der Waals surface area contributed by atoms with Crippen molar-refractivity contribution in [3.8, 4) is 5.88 Å². The van der Waals surface area contributed by atoms with Crippen LogP contribution in [0.4, 0.5) is 0 Å². The summed E-state index contributed by atoms with van der Waals surface area (Å²) in [5.41, 5.74) is 6.65. The quantitative estimate of drug-likeness (QED) is 0.761. The summed E-state index contributed by atoms with van der Waals surface area (Å²) in [5, 5.41) is 0. The molecule has 13 heavy (non-hydrogen) atoms. The molecule has 0 saturated heterocycles. The third kappa shape index (κ3) is 3.42. The Morgan fingerprint density at radius 1 is 1.54 bits per heavy atom. The van der Waals surface area contributed by atoms with Crippen LogP contribution in [0.25, 0.3) is 0 Å². The number of pyridine rings is 1. The van der Waals surface area contributed by atoms with Crippen LogP contribution in [0.1, 0.15) is 19.5 Å². The molecule has 1 heterocycles. The Hall–Kier alpha value is -1.09. The number of hydrogen-bond donors (Lipinski definition) is 1. The van der Waals surface area contributed by atoms with Crippen molar-refractivity contribution in [3.05, 3.63) is 23.9 Å². The number of nitrogens with two attached hydrogens (primary N) is 1. The maximum Gasteiger partial charge on any atom is 0.213 e. The first-order valence-corrected chi connectivity index (χ1v) is 4.56. The number of aromatic nitrogens is 1. The van der Waals surface area contributed by atoms with Crippen molar-refractivity contribution in [2.75, 3.05) is 6.61 Å². The molecule has 3 heteroatoms. The lowest BCUT2D eigenvalue weighted by Crippen LogP contribution is -2.18. The van der Waals surface area contributed by atoms with Gasteiger partial charge in [0.05, 0.1) is 6.61 Å². The monoisotopic (exact) mass is 180 g/mol. The molecule has 3 nitrogen and oxygen atoms in total. The summed E-state index contributed by atoms with van der Waals surface area (Å²) in [6.07, 6.45) is 0.793. The molecule has 0 aromatic carbocycles. The van der Waals surface area contributed by atoms with Crippen molar-refractivity contribution in [1.82, 2.24) is 4.98 Å². The Labute approximate surface area is 78.9 Å². The molecule has 2 N–H and O–H groups in total. The van der Waals surface area contributed by atoms with Crippen LogP contribution < -0.4 is 10.5 Å². The van der Waals surface area contributed by atoms with E-state index in [9.17, 15) is 0 Å². The van der Waals surface area contributed by atoms with Crippen LogP contribution in [0.15, 0.2) is 18.2 Å². The van der Waals surface area contributed by atoms with E-state index < -0.39 is 0 Å². The summed E-state index contributed by atoms with van der Waals surface area (Å²) in [6.45, 7) is 4.56. The molecule has 0 radical (unpaired) electrons. The van der Waals surface area contributed by atoms with Gasteiger partial charge in [0.15, 0.2) is 0 Å². The summed E-state index contributed by atoms with van der Waals surface area (Å²) >= 11 is 0. The van der Waals surface area contributed by atoms with Crippen molar-refractivity contribution >= 4 is 0 Å². The van der Waals surface area contributed by atoms with Crippen LogP contribution in [-0.2, 0) is 6.42 Å². The molecule has 0 saturated carbocycles. The van der Waals surface area contributed by atoms with Gasteiger partial charge >= 0.3 is 0 Å². The predicted octanol–water partition coefficient (Wildman–Crippen LogP) is 1.37. The van der Waals surface area contributed by atoms with Crippen molar-refractivity contribution in [2.24, 2.45) is 5.73 Å². The van der Waals surface area contributed by atoms with Gasteiger partial charge in [0.1, 0.15) is 0 Å². The second kappa shape index (κ2) is 4.82. The van der Waals surface area contributed by atoms with Crippen LogP contribution in [0.2, 0.25) is 0 Å². The summed E-state index contributed by atoms with van der Waals surface area (Å²) < 4.78 is 5.28. The SMILES string of the molecule is CCOc1cccc(CC(C)N)n1. The molecule has 1 atom stereocenters. The van der Waals surface area contributed by atoms with E-state index in [4.69, 9.17) is 10.5 Å². The van der Waals surface area contributed by atoms with Crippen molar-refractivity contribution in [3.63, 3.8) is 0 Å². The van der Waals surface area contributed by atoms with E-state index in [2.05, 4.69) is 4.98 Å². The lowest BCUT2D eigenvalue weighted by Gasteiger charge is -2.06. The zero-order valence-corrected chi connectivity index (χ0v) is 8.16. The summed E-state index contributed by atoms with van der Waals surface area (Å²) in [7, 11) is 0. The van der Waals surface area contributed by atoms with Gasteiger partial charge in [-0.3, -0.25) is 0 Å². The number of ether oxygens (including phenoxy) is 1. The van der Waals surface area contributed by atoms with Gasteiger partial charge in [0.25, 0.3) is 0 Å². The van der Waals surface area contributed by atoms with Gasteiger partial charge in [-0.05, 0) is 19.9 Å². The largest absolute Gasteiger partial charge is 0.478 e. The molecule has 1 aromatic rings. The number of rotatable bonds is 4. The maximum atomic E-state index is 5.67. The summed E-state index contributed by atoms with van der Waals surface area (Å²) in [4.78, 5) is 4.30. The third-order valence-electron chi connectivity index (χ3n) is 1.60. The van der Waals surface area contributed by atoms with E-state index >= 15 is 0 Å². The second-order valence-electron chi connectivity index (χ2n) is 3.08. The smallest absolute Gasteiger partial charge is 0.213 e. The highest BCUT2D eigenvalue weighted by molar-refractivity contribution is 5.16. The van der Waals surface area contributed by atoms with E-state index in [1.807, 2.05) is 32.0 Å². The van der Waals surface area contributed by atoms with E-state index in [1.54, 1.807) is 0 Å². The first-order chi connectivity index (χ1) is 6.22. The lowest BCUT2D eigenvalue weighted by atomic mass is 10.2. The first kappa shape index (κ1) is 9.99. The van der Waals surface area contributed by atoms with Gasteiger partial charge in [-0.1, -0.05) is 6.07 Å². The Kier molecular flexibility index (Phi) is 3.71. The summed E-state index contributed by atoms with van der Waals surface area (Å²) in [6, 6.07) is 5.90. The molecule has 0 bridgehead atoms. The molecular weight excluding hydrogens is 164 g/mol. The van der Waals surface area contributed by atoms with Crippen LogP contribution in [0, 0.1) is 0 Å². The van der Waals surface area contributed by atoms with Crippen LogP contribution in [0.5, 0.6) is 5.88 Å². The second-order valence-corrected chi connectivity index (χ2v) is 3.08. The molecule has 0 amide bonds. The fourth-order valence-electron chi connectivity index (χ4n) is 1.13. The normalized spacial score (nSPS) is 12.5. The molecule has 0 spiro atoms. The standard InChI is InChI=1S/C10H16N2O/c1-3-13-10-6-4-5-9(12-10)7-8(2)11/h4-6,8H,3,7,11H2,1-2H3. The average Bonchev–Trinajstić information content (AvgIpc) is 2.04. The third-order valence-corrected chi connectivity index (χ3v) is 1.60. The molecule has 0 fully saturated rings. The molecule has 1 aromatic heterocycles. The maximum absolute atomic E-state index is 5.67. The van der Waals surface area contributed by atoms with Crippen molar-refractivity contribution in [1.29, 1.82) is 0 Å². The fourth-order valence-corrected chi connectivity index (χ4v) is 1.13. The average molecular weight is 180 g/mol. The minimum absolute atomic E-state index is 0.143. The van der Waals surface area contributed by atoms with Gasteiger partial charge in [-0.25, -0.2) is 4.98 Å². The molecular formula is C10H16N2O. The molecule has 0 aliphatic rings. The van der Waals surface area contributed by atoms with Gasteiger partial charge in [-0.2, -0.15) is 0 Å². The topological polar surface area (TPSA) is 48.1 Å². The fraction of sp³-hybridized carbons (Fsp3) is 0.500. The van der Waals surface area contributed by atoms with E-state index in [-0.39, 0.29) is 6.04 Å². The molecule has 1 rings (SSSR count). The Morgan fingerprint density at radius 3 is 2.92 bits per heavy atom. The highest BCUT2D eigenvalue weighted by atomic mass is 16.5. The Morgan fingerprint density at radius 2 is 2.31 bits per heavy atom. The number of nitrogens with zero attached hydrogens (tertiary/aromatic N) is 1. The minimum Gasteiger partial charge on any atom is -0.478 e. The van der Waals surface area contributed by atoms with Gasteiger partial charge in [0, 0.05) is 24.2 Å². The zero-order chi connectivity index (χ0) is 9.68. The van der Waals surface area contributed by atoms with E-state index in [0.717, 1.165) is 12.1 Å². The highest BCUT2D eigenvalue weighted by Crippen LogP contribution is 2.08. The van der Waals surface area contributed by atoms with Crippen LogP contribution in [-0.4, -0.2) is 17.6 Å². The lowest BCUT2D eigenvalue weighted by molar-refractivity contribution is 0.325. The molecule has 1 unspecified atom stereocenters. The molecule has 0 aliphatic carbocycles. The van der Waals surface area contributed by atoms with Crippen molar-refractivity contribution in [2.45, 2.75) is 26.3 Å². The van der Waals surface area contributed by atoms with Gasteiger partial charge < -0.3 is 10.5 Å². The summed E-state index contributed by atoms with van der Waals surface area (Å²) in [5.74, 6) is 0.681.